The van der Waals surface area contributed by atoms with Gasteiger partial charge in [0, 0.05) is 13.0 Å². The van der Waals surface area contributed by atoms with E-state index in [0.29, 0.717) is 6.42 Å². The summed E-state index contributed by atoms with van der Waals surface area (Å²) in [5.74, 6) is -0.293. The second kappa shape index (κ2) is 42.7. The van der Waals surface area contributed by atoms with Crippen molar-refractivity contribution >= 4 is 13.8 Å². The quantitative estimate of drug-likeness (QED) is 0.0206. The molecule has 8 nitrogen and oxygen atoms in total. The number of rotatable bonds is 43. The van der Waals surface area contributed by atoms with Gasteiger partial charge in [0.2, 0.25) is 0 Å². The first-order chi connectivity index (χ1) is 26.4. The SMILES string of the molecule is CCCCC/C=C\C/C=C\CCCCCCCCCCCC(=O)OC[C@H](COP(=O)(O)OCCN)O/C=C\CCCCCCCCCCCCCCCC. The summed E-state index contributed by atoms with van der Waals surface area (Å²) in [7, 11) is -4.27. The molecule has 0 fully saturated rings. The molecule has 0 bridgehead atoms. The number of phosphoric acid groups is 1. The van der Waals surface area contributed by atoms with Gasteiger partial charge in [-0.1, -0.05) is 179 Å². The van der Waals surface area contributed by atoms with E-state index in [4.69, 9.17) is 24.3 Å². The average molecular weight is 784 g/mol. The van der Waals surface area contributed by atoms with Crippen molar-refractivity contribution in [1.82, 2.24) is 0 Å². The molecule has 0 aromatic rings. The van der Waals surface area contributed by atoms with Crippen LogP contribution in [-0.4, -0.2) is 43.3 Å². The zero-order valence-corrected chi connectivity index (χ0v) is 36.1. The summed E-state index contributed by atoms with van der Waals surface area (Å²) < 4.78 is 33.2. The fraction of sp³-hybridized carbons (Fsp3) is 0.844. The van der Waals surface area contributed by atoms with Gasteiger partial charge in [0.05, 0.1) is 19.5 Å². The summed E-state index contributed by atoms with van der Waals surface area (Å²) >= 11 is 0. The predicted molar refractivity (Wildman–Crippen MR) is 229 cm³/mol. The lowest BCUT2D eigenvalue weighted by atomic mass is 10.0. The zero-order valence-electron chi connectivity index (χ0n) is 35.2. The Morgan fingerprint density at radius 1 is 0.574 bits per heavy atom. The Morgan fingerprint density at radius 3 is 1.50 bits per heavy atom. The fourth-order valence-corrected chi connectivity index (χ4v) is 7.01. The van der Waals surface area contributed by atoms with Crippen molar-refractivity contribution in [3.63, 3.8) is 0 Å². The normalized spacial score (nSPS) is 13.7. The van der Waals surface area contributed by atoms with Crippen molar-refractivity contribution in [3.05, 3.63) is 36.6 Å². The molecule has 318 valence electrons. The molecule has 0 aliphatic carbocycles. The number of nitrogens with two attached hydrogens (primary N) is 1. The second-order valence-corrected chi connectivity index (χ2v) is 16.4. The van der Waals surface area contributed by atoms with Crippen LogP contribution in [0.5, 0.6) is 0 Å². The lowest BCUT2D eigenvalue weighted by Crippen LogP contribution is -2.25. The minimum Gasteiger partial charge on any atom is -0.492 e. The molecule has 0 saturated carbocycles. The Balaban J connectivity index is 4.04. The number of ether oxygens (including phenoxy) is 2. The third kappa shape index (κ3) is 41.7. The van der Waals surface area contributed by atoms with Gasteiger partial charge in [0.1, 0.15) is 6.61 Å². The number of hydrogen-bond acceptors (Lipinski definition) is 7. The first-order valence-electron chi connectivity index (χ1n) is 22.5. The van der Waals surface area contributed by atoms with Crippen molar-refractivity contribution in [1.29, 1.82) is 0 Å². The lowest BCUT2D eigenvalue weighted by molar-refractivity contribution is -0.147. The van der Waals surface area contributed by atoms with Gasteiger partial charge >= 0.3 is 13.8 Å². The third-order valence-corrected chi connectivity index (χ3v) is 10.6. The molecule has 0 radical (unpaired) electrons. The molecule has 1 unspecified atom stereocenters. The Kier molecular flexibility index (Phi) is 41.6. The number of hydrogen-bond donors (Lipinski definition) is 2. The van der Waals surface area contributed by atoms with E-state index in [2.05, 4.69) is 38.2 Å². The third-order valence-electron chi connectivity index (χ3n) is 9.65. The molecule has 0 aromatic heterocycles. The predicted octanol–water partition coefficient (Wildman–Crippen LogP) is 13.8. The molecular weight excluding hydrogens is 697 g/mol. The molecule has 0 aliphatic rings. The first kappa shape index (κ1) is 52.6. The van der Waals surface area contributed by atoms with Crippen LogP contribution in [0.1, 0.15) is 213 Å². The van der Waals surface area contributed by atoms with Crippen LogP contribution in [0.2, 0.25) is 0 Å². The first-order valence-corrected chi connectivity index (χ1v) is 24.0. The number of carbonyl (C=O) groups excluding carboxylic acids is 1. The van der Waals surface area contributed by atoms with Crippen LogP contribution in [0.3, 0.4) is 0 Å². The van der Waals surface area contributed by atoms with Crippen molar-refractivity contribution in [2.24, 2.45) is 5.73 Å². The Bertz CT molecular complexity index is 926. The van der Waals surface area contributed by atoms with E-state index in [-0.39, 0.29) is 32.3 Å². The minimum absolute atomic E-state index is 0.0646. The summed E-state index contributed by atoms with van der Waals surface area (Å²) in [5.41, 5.74) is 5.37. The number of unbranched alkanes of at least 4 members (excludes halogenated alkanes) is 26. The fourth-order valence-electron chi connectivity index (χ4n) is 6.25. The summed E-state index contributed by atoms with van der Waals surface area (Å²) in [6.45, 7) is 4.21. The van der Waals surface area contributed by atoms with Crippen LogP contribution in [0.4, 0.5) is 0 Å². The van der Waals surface area contributed by atoms with Gasteiger partial charge in [-0.3, -0.25) is 13.8 Å². The molecular formula is C45H86NO7P. The van der Waals surface area contributed by atoms with Crippen molar-refractivity contribution < 1.29 is 32.8 Å². The Labute approximate surface area is 333 Å². The molecule has 0 spiro atoms. The largest absolute Gasteiger partial charge is 0.492 e. The minimum atomic E-state index is -4.27. The number of esters is 1. The molecule has 0 rings (SSSR count). The van der Waals surface area contributed by atoms with E-state index in [1.54, 1.807) is 6.26 Å². The maximum Gasteiger partial charge on any atom is 0.472 e. The van der Waals surface area contributed by atoms with Gasteiger partial charge in [-0.05, 0) is 57.4 Å². The maximum absolute atomic E-state index is 12.4. The average Bonchev–Trinajstić information content (AvgIpc) is 3.16. The maximum atomic E-state index is 12.4. The second-order valence-electron chi connectivity index (χ2n) is 15.0. The van der Waals surface area contributed by atoms with E-state index >= 15 is 0 Å². The highest BCUT2D eigenvalue weighted by molar-refractivity contribution is 7.47. The monoisotopic (exact) mass is 784 g/mol. The highest BCUT2D eigenvalue weighted by atomic mass is 31.2. The molecule has 0 amide bonds. The van der Waals surface area contributed by atoms with Crippen LogP contribution < -0.4 is 5.73 Å². The highest BCUT2D eigenvalue weighted by Crippen LogP contribution is 2.43. The standard InChI is InChI=1S/C45H86NO7P/c1-3-5-7-9-11-13-15-17-19-21-22-23-24-26-28-30-32-34-36-38-45(47)51-42-44(43-53-54(48,49)52-41-39-46)50-40-37-35-33-31-29-27-25-20-18-16-14-12-10-8-6-4-2/h11,13,17,19,37,40,44H,3-10,12,14-16,18,20-36,38-39,41-43,46H2,1-2H3,(H,48,49)/b13-11-,19-17-,40-37-/t44-/m1/s1. The van der Waals surface area contributed by atoms with E-state index in [0.717, 1.165) is 38.5 Å². The van der Waals surface area contributed by atoms with E-state index < -0.39 is 13.9 Å². The van der Waals surface area contributed by atoms with E-state index in [1.165, 1.54) is 154 Å². The van der Waals surface area contributed by atoms with Crippen molar-refractivity contribution in [3.8, 4) is 0 Å². The van der Waals surface area contributed by atoms with Crippen molar-refractivity contribution in [2.75, 3.05) is 26.4 Å². The number of carbonyl (C=O) groups is 1. The molecule has 2 atom stereocenters. The lowest BCUT2D eigenvalue weighted by Gasteiger charge is -2.19. The summed E-state index contributed by atoms with van der Waals surface area (Å²) in [4.78, 5) is 22.3. The molecule has 54 heavy (non-hydrogen) atoms. The van der Waals surface area contributed by atoms with Crippen LogP contribution in [0.15, 0.2) is 36.6 Å². The van der Waals surface area contributed by atoms with Gasteiger partial charge in [0.15, 0.2) is 6.10 Å². The van der Waals surface area contributed by atoms with Crippen molar-refractivity contribution in [2.45, 2.75) is 219 Å². The Hall–Kier alpha value is -1.44. The topological polar surface area (TPSA) is 117 Å². The summed E-state index contributed by atoms with van der Waals surface area (Å²) in [6.07, 6.45) is 49.7. The molecule has 9 heteroatoms. The molecule has 0 aliphatic heterocycles. The van der Waals surface area contributed by atoms with Gasteiger partial charge < -0.3 is 20.1 Å². The van der Waals surface area contributed by atoms with Gasteiger partial charge in [-0.25, -0.2) is 4.57 Å². The molecule has 0 aromatic carbocycles. The van der Waals surface area contributed by atoms with E-state index in [9.17, 15) is 14.3 Å². The molecule has 0 heterocycles. The Morgan fingerprint density at radius 2 is 1.00 bits per heavy atom. The highest BCUT2D eigenvalue weighted by Gasteiger charge is 2.24. The van der Waals surface area contributed by atoms with Crippen LogP contribution in [0, 0.1) is 0 Å². The van der Waals surface area contributed by atoms with Crippen LogP contribution in [-0.2, 0) is 27.9 Å². The number of phosphoric ester groups is 1. The number of allylic oxidation sites excluding steroid dienone is 5. The van der Waals surface area contributed by atoms with Crippen LogP contribution >= 0.6 is 7.82 Å². The van der Waals surface area contributed by atoms with Gasteiger partial charge in [-0.15, -0.1) is 0 Å². The summed E-state index contributed by atoms with van der Waals surface area (Å²) in [5, 5.41) is 0. The molecule has 0 saturated heterocycles. The summed E-state index contributed by atoms with van der Waals surface area (Å²) in [6, 6.07) is 0. The van der Waals surface area contributed by atoms with Crippen LogP contribution in [0.25, 0.3) is 0 Å². The van der Waals surface area contributed by atoms with Gasteiger partial charge in [-0.2, -0.15) is 0 Å². The van der Waals surface area contributed by atoms with Gasteiger partial charge in [0.25, 0.3) is 0 Å². The smallest absolute Gasteiger partial charge is 0.472 e. The van der Waals surface area contributed by atoms with E-state index in [1.807, 2.05) is 6.08 Å². The molecule has 3 N–H and O–H groups in total. The zero-order chi connectivity index (χ0) is 39.5.